The third kappa shape index (κ3) is 4.08. The van der Waals surface area contributed by atoms with Crippen molar-refractivity contribution in [2.75, 3.05) is 33.4 Å². The second-order valence-electron chi connectivity index (χ2n) is 4.36. The predicted molar refractivity (Wildman–Crippen MR) is 63.1 cm³/mol. The summed E-state index contributed by atoms with van der Waals surface area (Å²) in [6.07, 6.45) is 1.84. The third-order valence-corrected chi connectivity index (χ3v) is 3.01. The molecule has 1 unspecified atom stereocenters. The first kappa shape index (κ1) is 13.4. The number of hydrogen-bond donors (Lipinski definition) is 2. The highest BCUT2D eigenvalue weighted by molar-refractivity contribution is 5.81. The van der Waals surface area contributed by atoms with Crippen molar-refractivity contribution in [2.24, 2.45) is 5.73 Å². The average Bonchev–Trinajstić information content (AvgIpc) is 2.70. The Kier molecular flexibility index (Phi) is 5.73. The molecule has 2 atom stereocenters. The van der Waals surface area contributed by atoms with Crippen molar-refractivity contribution in [3.05, 3.63) is 0 Å². The Morgan fingerprint density at radius 3 is 3.00 bits per heavy atom. The Bertz CT molecular complexity index is 223. The summed E-state index contributed by atoms with van der Waals surface area (Å²) in [5, 5.41) is 2.91. The highest BCUT2D eigenvalue weighted by Crippen LogP contribution is 2.10. The lowest BCUT2D eigenvalue weighted by atomic mass is 10.2. The molecule has 0 bridgehead atoms. The molecule has 5 heteroatoms. The van der Waals surface area contributed by atoms with Crippen LogP contribution in [0.3, 0.4) is 0 Å². The molecule has 1 saturated heterocycles. The van der Waals surface area contributed by atoms with Gasteiger partial charge in [0.2, 0.25) is 5.91 Å². The highest BCUT2D eigenvalue weighted by Gasteiger charge is 2.27. The summed E-state index contributed by atoms with van der Waals surface area (Å²) in [4.78, 5) is 13.9. The van der Waals surface area contributed by atoms with Crippen LogP contribution in [0.2, 0.25) is 0 Å². The van der Waals surface area contributed by atoms with Crippen molar-refractivity contribution in [3.8, 4) is 0 Å². The number of nitrogens with zero attached hydrogens (tertiary/aromatic N) is 1. The molecule has 0 aliphatic carbocycles. The zero-order chi connectivity index (χ0) is 12.0. The van der Waals surface area contributed by atoms with Gasteiger partial charge in [0, 0.05) is 39.4 Å². The molecular formula is C11H23N3O2. The Balaban J connectivity index is 2.20. The number of nitrogens with two attached hydrogens (primary N) is 1. The molecule has 94 valence electrons. The van der Waals surface area contributed by atoms with Crippen LogP contribution in [0.25, 0.3) is 0 Å². The number of carbonyl (C=O) groups excluding carboxylic acids is 1. The zero-order valence-electron chi connectivity index (χ0n) is 10.2. The van der Waals surface area contributed by atoms with Gasteiger partial charge in [0.15, 0.2) is 0 Å². The average molecular weight is 229 g/mol. The third-order valence-electron chi connectivity index (χ3n) is 3.01. The highest BCUT2D eigenvalue weighted by atomic mass is 16.5. The Labute approximate surface area is 97.3 Å². The van der Waals surface area contributed by atoms with Gasteiger partial charge in [0.1, 0.15) is 0 Å². The monoisotopic (exact) mass is 229 g/mol. The number of hydrogen-bond acceptors (Lipinski definition) is 4. The summed E-state index contributed by atoms with van der Waals surface area (Å²) in [5.41, 5.74) is 5.81. The number of ether oxygens (including phenoxy) is 1. The fourth-order valence-corrected chi connectivity index (χ4v) is 1.91. The molecule has 1 rings (SSSR count). The van der Waals surface area contributed by atoms with Gasteiger partial charge >= 0.3 is 0 Å². The van der Waals surface area contributed by atoms with Crippen LogP contribution in [0.1, 0.15) is 19.8 Å². The van der Waals surface area contributed by atoms with E-state index in [0.717, 1.165) is 25.9 Å². The Hall–Kier alpha value is -0.650. The van der Waals surface area contributed by atoms with Gasteiger partial charge in [0.25, 0.3) is 0 Å². The molecule has 0 saturated carbocycles. The minimum Gasteiger partial charge on any atom is -0.385 e. The molecule has 5 nitrogen and oxygen atoms in total. The summed E-state index contributed by atoms with van der Waals surface area (Å²) < 4.78 is 4.92. The van der Waals surface area contributed by atoms with E-state index in [9.17, 15) is 4.79 Å². The number of likely N-dealkylation sites (tertiary alicyclic amines) is 1. The first-order chi connectivity index (χ1) is 7.65. The van der Waals surface area contributed by atoms with Gasteiger partial charge in [-0.25, -0.2) is 0 Å². The van der Waals surface area contributed by atoms with Crippen LogP contribution in [-0.2, 0) is 9.53 Å². The van der Waals surface area contributed by atoms with Crippen LogP contribution >= 0.6 is 0 Å². The van der Waals surface area contributed by atoms with Gasteiger partial charge in [0.05, 0.1) is 6.04 Å². The lowest BCUT2D eigenvalue weighted by Crippen LogP contribution is -2.45. The number of rotatable bonds is 6. The molecule has 1 amide bonds. The first-order valence-corrected chi connectivity index (χ1v) is 5.91. The molecule has 0 radical (unpaired) electrons. The van der Waals surface area contributed by atoms with Crippen molar-refractivity contribution in [3.63, 3.8) is 0 Å². The normalized spacial score (nSPS) is 23.3. The number of carbonyl (C=O) groups is 1. The molecule has 3 N–H and O–H groups in total. The van der Waals surface area contributed by atoms with Gasteiger partial charge in [-0.05, 0) is 19.8 Å². The van der Waals surface area contributed by atoms with E-state index >= 15 is 0 Å². The predicted octanol–water partition coefficient (Wildman–Crippen LogP) is -0.439. The minimum atomic E-state index is -0.0731. The maximum Gasteiger partial charge on any atom is 0.237 e. The fourth-order valence-electron chi connectivity index (χ4n) is 1.91. The van der Waals surface area contributed by atoms with E-state index in [2.05, 4.69) is 10.2 Å². The van der Waals surface area contributed by atoms with E-state index in [1.54, 1.807) is 7.11 Å². The van der Waals surface area contributed by atoms with E-state index < -0.39 is 0 Å². The molecule has 1 heterocycles. The number of nitrogens with one attached hydrogen (secondary N) is 1. The van der Waals surface area contributed by atoms with Crippen LogP contribution in [0, 0.1) is 0 Å². The Morgan fingerprint density at radius 2 is 2.44 bits per heavy atom. The largest absolute Gasteiger partial charge is 0.385 e. The van der Waals surface area contributed by atoms with Crippen LogP contribution < -0.4 is 11.1 Å². The second-order valence-corrected chi connectivity index (χ2v) is 4.36. The second kappa shape index (κ2) is 6.83. The van der Waals surface area contributed by atoms with Gasteiger partial charge in [-0.15, -0.1) is 0 Å². The maximum atomic E-state index is 11.8. The quantitative estimate of drug-likeness (QED) is 0.606. The Morgan fingerprint density at radius 1 is 1.69 bits per heavy atom. The molecule has 1 aliphatic heterocycles. The van der Waals surface area contributed by atoms with Gasteiger partial charge in [-0.2, -0.15) is 0 Å². The standard InChI is InChI=1S/C11H23N3O2/c1-9(14-6-4-10(12)8-14)11(15)13-5-3-7-16-2/h9-10H,3-8,12H2,1-2H3,(H,13,15)/t9?,10-/m1/s1. The number of methoxy groups -OCH3 is 1. The van der Waals surface area contributed by atoms with E-state index in [4.69, 9.17) is 10.5 Å². The van der Waals surface area contributed by atoms with Gasteiger partial charge in [-0.1, -0.05) is 0 Å². The topological polar surface area (TPSA) is 67.6 Å². The van der Waals surface area contributed by atoms with E-state index in [0.29, 0.717) is 13.2 Å². The van der Waals surface area contributed by atoms with Crippen molar-refractivity contribution >= 4 is 5.91 Å². The molecule has 1 fully saturated rings. The van der Waals surface area contributed by atoms with E-state index in [1.807, 2.05) is 6.92 Å². The summed E-state index contributed by atoms with van der Waals surface area (Å²) >= 11 is 0. The maximum absolute atomic E-state index is 11.8. The molecular weight excluding hydrogens is 206 g/mol. The SMILES string of the molecule is COCCCNC(=O)C(C)N1CC[C@@H](N)C1. The van der Waals surface area contributed by atoms with Crippen LogP contribution in [0.4, 0.5) is 0 Å². The van der Waals surface area contributed by atoms with Gasteiger partial charge < -0.3 is 15.8 Å². The van der Waals surface area contributed by atoms with Crippen molar-refractivity contribution in [2.45, 2.75) is 31.8 Å². The molecule has 0 aromatic heterocycles. The van der Waals surface area contributed by atoms with Crippen molar-refractivity contribution < 1.29 is 9.53 Å². The van der Waals surface area contributed by atoms with E-state index in [1.165, 1.54) is 0 Å². The lowest BCUT2D eigenvalue weighted by molar-refractivity contribution is -0.125. The van der Waals surface area contributed by atoms with Crippen LogP contribution in [0.5, 0.6) is 0 Å². The summed E-state index contributed by atoms with van der Waals surface area (Å²) in [7, 11) is 1.66. The smallest absolute Gasteiger partial charge is 0.237 e. The van der Waals surface area contributed by atoms with Gasteiger partial charge in [-0.3, -0.25) is 9.69 Å². The molecule has 0 aromatic carbocycles. The molecule has 0 aromatic rings. The number of amides is 1. The van der Waals surface area contributed by atoms with Crippen molar-refractivity contribution in [1.82, 2.24) is 10.2 Å². The fraction of sp³-hybridized carbons (Fsp3) is 0.909. The lowest BCUT2D eigenvalue weighted by Gasteiger charge is -2.23. The first-order valence-electron chi connectivity index (χ1n) is 5.91. The van der Waals surface area contributed by atoms with Crippen molar-refractivity contribution in [1.29, 1.82) is 0 Å². The molecule has 1 aliphatic rings. The summed E-state index contributed by atoms with van der Waals surface area (Å²) in [6.45, 7) is 5.05. The van der Waals surface area contributed by atoms with Crippen LogP contribution in [-0.4, -0.2) is 56.2 Å². The van der Waals surface area contributed by atoms with E-state index in [-0.39, 0.29) is 18.0 Å². The molecule has 0 spiro atoms. The molecule has 16 heavy (non-hydrogen) atoms. The minimum absolute atomic E-state index is 0.0731. The summed E-state index contributed by atoms with van der Waals surface area (Å²) in [5.74, 6) is 0.0882. The zero-order valence-corrected chi connectivity index (χ0v) is 10.2. The summed E-state index contributed by atoms with van der Waals surface area (Å²) in [6, 6.07) is 0.153. The van der Waals surface area contributed by atoms with Crippen LogP contribution in [0.15, 0.2) is 0 Å².